The first-order chi connectivity index (χ1) is 6.21. The highest BCUT2D eigenvalue weighted by atomic mass is 32.3. The number of phenolic OH excluding ortho intramolecular Hbond substituents is 1. The van der Waals surface area contributed by atoms with E-state index in [0.717, 1.165) is 0 Å². The van der Waals surface area contributed by atoms with Crippen LogP contribution in [0.15, 0.2) is 29.2 Å². The standard InChI is InChI=1S/C11H16OS/c1-13(8-2-3-9-13)11-6-4-10(12)5-7-11/h4-7,12H,2-3,8-9H2,1H3. The second-order valence-corrected chi connectivity index (χ2v) is 7.72. The average Bonchev–Trinajstić information content (AvgIpc) is 2.54. The molecule has 0 amide bonds. The fourth-order valence-corrected chi connectivity index (χ4v) is 5.10. The molecule has 0 aliphatic carbocycles. The maximum Gasteiger partial charge on any atom is 0.115 e. The smallest absolute Gasteiger partial charge is 0.115 e. The van der Waals surface area contributed by atoms with Crippen molar-refractivity contribution < 1.29 is 5.11 Å². The lowest BCUT2D eigenvalue weighted by Crippen LogP contribution is -1.99. The molecule has 1 saturated heterocycles. The van der Waals surface area contributed by atoms with Gasteiger partial charge in [-0.2, -0.15) is 0 Å². The number of benzene rings is 1. The van der Waals surface area contributed by atoms with Crippen LogP contribution in [0.5, 0.6) is 5.75 Å². The Morgan fingerprint density at radius 2 is 1.62 bits per heavy atom. The van der Waals surface area contributed by atoms with Crippen LogP contribution >= 0.6 is 10.0 Å². The van der Waals surface area contributed by atoms with E-state index in [1.54, 1.807) is 0 Å². The normalized spacial score (nSPS) is 22.8. The first-order valence-corrected chi connectivity index (χ1v) is 7.11. The van der Waals surface area contributed by atoms with Gasteiger partial charge in [-0.1, -0.05) is 0 Å². The molecule has 0 aromatic heterocycles. The minimum atomic E-state index is -0.510. The van der Waals surface area contributed by atoms with Gasteiger partial charge in [-0.15, -0.1) is 0 Å². The zero-order valence-corrected chi connectivity index (χ0v) is 8.81. The minimum Gasteiger partial charge on any atom is -0.508 e. The van der Waals surface area contributed by atoms with Crippen LogP contribution in [0.2, 0.25) is 0 Å². The van der Waals surface area contributed by atoms with Gasteiger partial charge in [-0.25, -0.2) is 10.0 Å². The van der Waals surface area contributed by atoms with Crippen molar-refractivity contribution in [3.8, 4) is 5.75 Å². The molecule has 13 heavy (non-hydrogen) atoms. The molecule has 1 aliphatic heterocycles. The van der Waals surface area contributed by atoms with Gasteiger partial charge < -0.3 is 5.11 Å². The van der Waals surface area contributed by atoms with Crippen molar-refractivity contribution in [3.05, 3.63) is 24.3 Å². The Hall–Kier alpha value is -0.630. The van der Waals surface area contributed by atoms with E-state index in [-0.39, 0.29) is 0 Å². The topological polar surface area (TPSA) is 20.2 Å². The summed E-state index contributed by atoms with van der Waals surface area (Å²) >= 11 is 0. The van der Waals surface area contributed by atoms with Crippen molar-refractivity contribution in [2.75, 3.05) is 17.8 Å². The fraction of sp³-hybridized carbons (Fsp3) is 0.455. The van der Waals surface area contributed by atoms with E-state index in [0.29, 0.717) is 5.75 Å². The van der Waals surface area contributed by atoms with E-state index in [9.17, 15) is 5.11 Å². The van der Waals surface area contributed by atoms with E-state index in [2.05, 4.69) is 18.4 Å². The molecule has 2 heteroatoms. The molecule has 0 spiro atoms. The van der Waals surface area contributed by atoms with Crippen LogP contribution in [0.25, 0.3) is 0 Å². The van der Waals surface area contributed by atoms with Crippen molar-refractivity contribution in [1.29, 1.82) is 0 Å². The van der Waals surface area contributed by atoms with Crippen LogP contribution in [-0.2, 0) is 0 Å². The van der Waals surface area contributed by atoms with Crippen LogP contribution < -0.4 is 0 Å². The second kappa shape index (κ2) is 3.26. The van der Waals surface area contributed by atoms with Crippen molar-refractivity contribution in [3.63, 3.8) is 0 Å². The third-order valence-electron chi connectivity index (χ3n) is 2.85. The van der Waals surface area contributed by atoms with Gasteiger partial charge in [-0.3, -0.25) is 0 Å². The zero-order valence-electron chi connectivity index (χ0n) is 7.99. The van der Waals surface area contributed by atoms with E-state index in [4.69, 9.17) is 0 Å². The van der Waals surface area contributed by atoms with Crippen LogP contribution in [-0.4, -0.2) is 22.9 Å². The summed E-state index contributed by atoms with van der Waals surface area (Å²) < 4.78 is 0. The minimum absolute atomic E-state index is 0.379. The van der Waals surface area contributed by atoms with Gasteiger partial charge >= 0.3 is 0 Å². The van der Waals surface area contributed by atoms with Gasteiger partial charge in [0.1, 0.15) is 5.75 Å². The Morgan fingerprint density at radius 1 is 1.08 bits per heavy atom. The van der Waals surface area contributed by atoms with Crippen LogP contribution in [0.1, 0.15) is 12.8 Å². The highest BCUT2D eigenvalue weighted by Crippen LogP contribution is 2.57. The number of hydrogen-bond donors (Lipinski definition) is 1. The van der Waals surface area contributed by atoms with Crippen LogP contribution in [0, 0.1) is 0 Å². The van der Waals surface area contributed by atoms with Crippen molar-refractivity contribution in [2.24, 2.45) is 0 Å². The van der Waals surface area contributed by atoms with Gasteiger partial charge in [0.15, 0.2) is 0 Å². The van der Waals surface area contributed by atoms with Crippen LogP contribution in [0.3, 0.4) is 0 Å². The summed E-state index contributed by atoms with van der Waals surface area (Å²) in [4.78, 5) is 1.46. The quantitative estimate of drug-likeness (QED) is 0.732. The summed E-state index contributed by atoms with van der Waals surface area (Å²) in [5.74, 6) is 3.12. The van der Waals surface area contributed by atoms with Crippen LogP contribution in [0.4, 0.5) is 0 Å². The fourth-order valence-electron chi connectivity index (χ4n) is 1.95. The number of aromatic hydroxyl groups is 1. The molecule has 0 radical (unpaired) electrons. The summed E-state index contributed by atoms with van der Waals surface area (Å²) in [6, 6.07) is 7.81. The third-order valence-corrected chi connectivity index (χ3v) is 6.64. The molecule has 1 nitrogen and oxygen atoms in total. The molecule has 72 valence electrons. The maximum absolute atomic E-state index is 9.19. The molecule has 1 fully saturated rings. The molecular formula is C11H16OS. The zero-order chi connectivity index (χ0) is 9.31. The molecule has 1 aliphatic rings. The third kappa shape index (κ3) is 1.68. The van der Waals surface area contributed by atoms with Gasteiger partial charge in [-0.05, 0) is 59.8 Å². The first kappa shape index (κ1) is 8.95. The molecule has 0 unspecified atom stereocenters. The number of phenols is 1. The molecule has 0 bridgehead atoms. The predicted molar refractivity (Wildman–Crippen MR) is 58.9 cm³/mol. The SMILES string of the molecule is CS1(c2ccc(O)cc2)CCCC1. The Labute approximate surface area is 81.1 Å². The second-order valence-electron chi connectivity index (χ2n) is 3.88. The molecule has 1 aromatic carbocycles. The molecule has 1 aromatic rings. The molecule has 1 heterocycles. The highest BCUT2D eigenvalue weighted by Gasteiger charge is 2.24. The number of rotatable bonds is 1. The first-order valence-electron chi connectivity index (χ1n) is 4.73. The van der Waals surface area contributed by atoms with E-state index in [1.807, 2.05) is 12.1 Å². The maximum atomic E-state index is 9.19. The Bertz CT molecular complexity index is 285. The summed E-state index contributed by atoms with van der Waals surface area (Å²) in [6.07, 6.45) is 5.17. The summed E-state index contributed by atoms with van der Waals surface area (Å²) in [7, 11) is -0.510. The lowest BCUT2D eigenvalue weighted by atomic mass is 10.3. The van der Waals surface area contributed by atoms with Gasteiger partial charge in [0.05, 0.1) is 0 Å². The van der Waals surface area contributed by atoms with Crippen molar-refractivity contribution >= 4 is 10.0 Å². The lowest BCUT2D eigenvalue weighted by molar-refractivity contribution is 0.475. The van der Waals surface area contributed by atoms with Gasteiger partial charge in [0.25, 0.3) is 0 Å². The van der Waals surface area contributed by atoms with Crippen molar-refractivity contribution in [1.82, 2.24) is 0 Å². The van der Waals surface area contributed by atoms with Gasteiger partial charge in [0, 0.05) is 0 Å². The van der Waals surface area contributed by atoms with E-state index < -0.39 is 10.0 Å². The summed E-state index contributed by atoms with van der Waals surface area (Å²) in [6.45, 7) is 0. The Kier molecular flexibility index (Phi) is 2.24. The van der Waals surface area contributed by atoms with E-state index >= 15 is 0 Å². The molecular weight excluding hydrogens is 180 g/mol. The largest absolute Gasteiger partial charge is 0.508 e. The Morgan fingerprint density at radius 3 is 2.15 bits per heavy atom. The Balaban J connectivity index is 2.29. The van der Waals surface area contributed by atoms with Crippen molar-refractivity contribution in [2.45, 2.75) is 17.7 Å². The summed E-state index contributed by atoms with van der Waals surface area (Å²) in [5, 5.41) is 9.19. The lowest BCUT2D eigenvalue weighted by Gasteiger charge is -2.30. The highest BCUT2D eigenvalue weighted by molar-refractivity contribution is 8.33. The monoisotopic (exact) mass is 196 g/mol. The number of hydrogen-bond acceptors (Lipinski definition) is 1. The average molecular weight is 196 g/mol. The molecule has 0 saturated carbocycles. The van der Waals surface area contributed by atoms with E-state index in [1.165, 1.54) is 29.2 Å². The molecule has 2 rings (SSSR count). The predicted octanol–water partition coefficient (Wildman–Crippen LogP) is 2.98. The van der Waals surface area contributed by atoms with Gasteiger partial charge in [0.2, 0.25) is 0 Å². The molecule has 1 N–H and O–H groups in total. The molecule has 0 atom stereocenters. The summed E-state index contributed by atoms with van der Waals surface area (Å²) in [5.41, 5.74) is 0.